The Morgan fingerprint density at radius 3 is 2.33 bits per heavy atom. The molecule has 1 saturated heterocycles. The van der Waals surface area contributed by atoms with Crippen LogP contribution in [-0.2, 0) is 9.59 Å². The molecule has 8 nitrogen and oxygen atoms in total. The van der Waals surface area contributed by atoms with Gasteiger partial charge in [0.1, 0.15) is 4.92 Å². The van der Waals surface area contributed by atoms with E-state index in [4.69, 9.17) is 4.42 Å². The Balaban J connectivity index is 1.42. The fourth-order valence-electron chi connectivity index (χ4n) is 4.68. The minimum absolute atomic E-state index is 0.126. The molecule has 8 heteroatoms. The van der Waals surface area contributed by atoms with Gasteiger partial charge >= 0.3 is 5.88 Å². The average molecular weight is 327 g/mol. The number of nitrogens with zero attached hydrogens (tertiary/aromatic N) is 3. The van der Waals surface area contributed by atoms with E-state index in [-0.39, 0.29) is 41.2 Å². The van der Waals surface area contributed by atoms with E-state index in [0.29, 0.717) is 11.8 Å². The first kappa shape index (κ1) is 13.6. The van der Waals surface area contributed by atoms with Gasteiger partial charge in [-0.3, -0.25) is 19.7 Å². The molecule has 2 amide bonds. The van der Waals surface area contributed by atoms with Crippen LogP contribution in [0.15, 0.2) is 33.8 Å². The number of carbonyl (C=O) groups is 2. The highest BCUT2D eigenvalue weighted by atomic mass is 16.6. The molecule has 1 aliphatic heterocycles. The number of hydrogen-bond acceptors (Lipinski definition) is 6. The van der Waals surface area contributed by atoms with Crippen LogP contribution in [0.2, 0.25) is 0 Å². The zero-order valence-electron chi connectivity index (χ0n) is 12.4. The highest BCUT2D eigenvalue weighted by Gasteiger charge is 2.67. The van der Waals surface area contributed by atoms with E-state index in [9.17, 15) is 19.7 Å². The number of amides is 2. The Labute approximate surface area is 135 Å². The van der Waals surface area contributed by atoms with Crippen LogP contribution in [0.3, 0.4) is 0 Å². The molecule has 2 saturated carbocycles. The quantitative estimate of drug-likeness (QED) is 0.275. The van der Waals surface area contributed by atoms with Crippen molar-refractivity contribution in [2.45, 2.75) is 6.42 Å². The third-order valence-corrected chi connectivity index (χ3v) is 5.73. The maximum absolute atomic E-state index is 12.7. The van der Waals surface area contributed by atoms with Gasteiger partial charge in [-0.25, -0.2) is 0 Å². The van der Waals surface area contributed by atoms with Crippen molar-refractivity contribution in [2.75, 3.05) is 0 Å². The smallest absolute Gasteiger partial charge is 0.400 e. The molecule has 0 N–H and O–H groups in total. The van der Waals surface area contributed by atoms with Crippen molar-refractivity contribution in [3.05, 3.63) is 40.2 Å². The molecule has 5 aliphatic rings. The Kier molecular flexibility index (Phi) is 2.50. The molecule has 6 rings (SSSR count). The summed E-state index contributed by atoms with van der Waals surface area (Å²) in [5, 5.41) is 15.5. The van der Waals surface area contributed by atoms with Gasteiger partial charge in [0.05, 0.1) is 24.1 Å². The van der Waals surface area contributed by atoms with Crippen LogP contribution in [-0.4, -0.2) is 28.0 Å². The number of hydrogen-bond donors (Lipinski definition) is 0. The summed E-state index contributed by atoms with van der Waals surface area (Å²) in [5.41, 5.74) is 0. The largest absolute Gasteiger partial charge is 0.433 e. The molecule has 4 aliphatic carbocycles. The molecule has 3 fully saturated rings. The topological polar surface area (TPSA) is 106 Å². The van der Waals surface area contributed by atoms with Gasteiger partial charge in [-0.05, 0) is 36.2 Å². The number of carbonyl (C=O) groups excluding carboxylic acids is 2. The third kappa shape index (κ3) is 1.65. The van der Waals surface area contributed by atoms with Crippen molar-refractivity contribution in [2.24, 2.45) is 40.6 Å². The van der Waals surface area contributed by atoms with Crippen molar-refractivity contribution in [1.29, 1.82) is 0 Å². The summed E-state index contributed by atoms with van der Waals surface area (Å²) in [5.74, 6) is -0.0765. The van der Waals surface area contributed by atoms with E-state index in [2.05, 4.69) is 17.3 Å². The molecule has 2 heterocycles. The van der Waals surface area contributed by atoms with Crippen LogP contribution in [0.25, 0.3) is 0 Å². The predicted molar refractivity (Wildman–Crippen MR) is 79.5 cm³/mol. The fraction of sp³-hybridized carbons (Fsp3) is 0.438. The zero-order chi connectivity index (χ0) is 16.6. The van der Waals surface area contributed by atoms with Crippen LogP contribution in [0.4, 0.5) is 5.88 Å². The van der Waals surface area contributed by atoms with E-state index in [1.807, 2.05) is 0 Å². The number of furan rings is 1. The molecule has 1 aromatic rings. The Bertz CT molecular complexity index is 805. The maximum Gasteiger partial charge on any atom is 0.433 e. The summed E-state index contributed by atoms with van der Waals surface area (Å²) in [4.78, 5) is 35.3. The van der Waals surface area contributed by atoms with Gasteiger partial charge in [0.15, 0.2) is 5.76 Å². The van der Waals surface area contributed by atoms with Gasteiger partial charge in [0, 0.05) is 0 Å². The second kappa shape index (κ2) is 4.40. The van der Waals surface area contributed by atoms with Crippen molar-refractivity contribution >= 4 is 23.9 Å². The van der Waals surface area contributed by atoms with Crippen molar-refractivity contribution in [3.8, 4) is 0 Å². The van der Waals surface area contributed by atoms with E-state index in [1.165, 1.54) is 18.3 Å². The first-order valence-corrected chi connectivity index (χ1v) is 7.90. The molecular formula is C16H13N3O5. The lowest BCUT2D eigenvalue weighted by Crippen LogP contribution is -2.40. The minimum Gasteiger partial charge on any atom is -0.400 e. The second-order valence-electron chi connectivity index (χ2n) is 6.82. The summed E-state index contributed by atoms with van der Waals surface area (Å²) >= 11 is 0. The lowest BCUT2D eigenvalue weighted by molar-refractivity contribution is -0.402. The van der Waals surface area contributed by atoms with Gasteiger partial charge in [0.25, 0.3) is 11.8 Å². The molecule has 0 unspecified atom stereocenters. The highest BCUT2D eigenvalue weighted by Crippen LogP contribution is 2.65. The third-order valence-electron chi connectivity index (χ3n) is 5.73. The van der Waals surface area contributed by atoms with Crippen LogP contribution < -0.4 is 0 Å². The van der Waals surface area contributed by atoms with E-state index in [1.54, 1.807) is 0 Å². The fourth-order valence-corrected chi connectivity index (χ4v) is 4.68. The van der Waals surface area contributed by atoms with Gasteiger partial charge in [-0.2, -0.15) is 10.1 Å². The van der Waals surface area contributed by atoms with Crippen molar-refractivity contribution in [3.63, 3.8) is 0 Å². The monoisotopic (exact) mass is 327 g/mol. The van der Waals surface area contributed by atoms with Crippen molar-refractivity contribution in [1.82, 2.24) is 5.01 Å². The van der Waals surface area contributed by atoms with E-state index in [0.717, 1.165) is 11.4 Å². The molecule has 2 bridgehead atoms. The van der Waals surface area contributed by atoms with Gasteiger partial charge < -0.3 is 4.42 Å². The second-order valence-corrected chi connectivity index (χ2v) is 6.82. The maximum atomic E-state index is 12.7. The average Bonchev–Trinajstić information content (AvgIpc) is 3.20. The standard InChI is InChI=1S/C16H13N3O5/c20-15-13-8-2-3-9(11-5-10(8)11)14(13)16(21)18(15)17-6-7-1-4-12(24-7)19(22)23/h1-4,6,8-11,13-14H,5H2/b17-6-/t8-,9-,10-,11+,13-,14+/m1/s1. The Hall–Kier alpha value is -2.77. The number of nitro groups is 1. The normalized spacial score (nSPS) is 38.8. The first-order chi connectivity index (χ1) is 11.6. The number of hydrazone groups is 1. The molecule has 0 radical (unpaired) electrons. The van der Waals surface area contributed by atoms with Crippen molar-refractivity contribution < 1.29 is 18.9 Å². The number of allylic oxidation sites excluding steroid dienone is 2. The lowest BCUT2D eigenvalue weighted by atomic mass is 9.63. The van der Waals surface area contributed by atoms with Crippen LogP contribution in [0.1, 0.15) is 12.2 Å². The van der Waals surface area contributed by atoms with Crippen LogP contribution in [0.5, 0.6) is 0 Å². The predicted octanol–water partition coefficient (Wildman–Crippen LogP) is 1.57. The number of rotatable bonds is 3. The molecule has 122 valence electrons. The minimum atomic E-state index is -0.659. The Morgan fingerprint density at radius 2 is 1.79 bits per heavy atom. The lowest BCUT2D eigenvalue weighted by Gasteiger charge is -2.37. The molecular weight excluding hydrogens is 314 g/mol. The first-order valence-electron chi connectivity index (χ1n) is 7.90. The highest BCUT2D eigenvalue weighted by molar-refractivity contribution is 6.06. The summed E-state index contributed by atoms with van der Waals surface area (Å²) in [6, 6.07) is 2.58. The van der Waals surface area contributed by atoms with E-state index < -0.39 is 10.8 Å². The molecule has 24 heavy (non-hydrogen) atoms. The van der Waals surface area contributed by atoms with Gasteiger partial charge in [0.2, 0.25) is 0 Å². The summed E-state index contributed by atoms with van der Waals surface area (Å²) in [6.07, 6.45) is 6.47. The molecule has 0 aromatic carbocycles. The summed E-state index contributed by atoms with van der Waals surface area (Å²) < 4.78 is 4.96. The van der Waals surface area contributed by atoms with E-state index >= 15 is 0 Å². The number of imide groups is 1. The molecule has 0 spiro atoms. The molecule has 6 atom stereocenters. The zero-order valence-corrected chi connectivity index (χ0v) is 12.4. The summed E-state index contributed by atoms with van der Waals surface area (Å²) in [7, 11) is 0. The summed E-state index contributed by atoms with van der Waals surface area (Å²) in [6.45, 7) is 0. The van der Waals surface area contributed by atoms with Gasteiger partial charge in [-0.15, -0.1) is 0 Å². The van der Waals surface area contributed by atoms with Gasteiger partial charge in [-0.1, -0.05) is 12.2 Å². The molecule has 1 aromatic heterocycles. The van der Waals surface area contributed by atoms with Crippen LogP contribution in [0, 0.1) is 45.6 Å². The van der Waals surface area contributed by atoms with Crippen LogP contribution >= 0.6 is 0 Å². The Morgan fingerprint density at radius 1 is 1.17 bits per heavy atom. The SMILES string of the molecule is O=C1[C@@H]2[C@@H]3C=C[C@H]([C@@H]4C[C@H]34)[C@@H]2C(=O)N1/N=C\c1ccc([N+](=O)[O-])o1.